The molecule has 1 N–H and O–H groups in total. The zero-order valence-electron chi connectivity index (χ0n) is 15.6. The van der Waals surface area contributed by atoms with Crippen molar-refractivity contribution in [1.29, 1.82) is 0 Å². The number of hydrazone groups is 1. The third-order valence-corrected chi connectivity index (χ3v) is 4.61. The molecule has 0 aliphatic rings. The van der Waals surface area contributed by atoms with Crippen molar-refractivity contribution in [2.45, 2.75) is 0 Å². The van der Waals surface area contributed by atoms with Gasteiger partial charge in [0.05, 0.1) is 27.2 Å². The van der Waals surface area contributed by atoms with E-state index in [-0.39, 0.29) is 18.5 Å². The van der Waals surface area contributed by atoms with Crippen LogP contribution in [0.1, 0.15) is 5.56 Å². The Morgan fingerprint density at radius 2 is 2.00 bits per heavy atom. The maximum absolute atomic E-state index is 12.8. The molecular formula is C19H17Cl2N5O3. The van der Waals surface area contributed by atoms with Gasteiger partial charge in [-0.1, -0.05) is 41.4 Å². The Bertz CT molecular complexity index is 1140. The molecule has 1 heterocycles. The normalized spacial score (nSPS) is 11.0. The highest BCUT2D eigenvalue weighted by atomic mass is 35.5. The maximum Gasteiger partial charge on any atom is 0.296 e. The van der Waals surface area contributed by atoms with Crippen LogP contribution in [0.3, 0.4) is 0 Å². The van der Waals surface area contributed by atoms with Gasteiger partial charge in [0.2, 0.25) is 0 Å². The summed E-state index contributed by atoms with van der Waals surface area (Å²) in [6.45, 7) is -0.335. The summed E-state index contributed by atoms with van der Waals surface area (Å²) in [4.78, 5) is 35.8. The number of hydrogen-bond donors (Lipinski definition) is 1. The van der Waals surface area contributed by atoms with Crippen molar-refractivity contribution in [1.82, 2.24) is 14.6 Å². The predicted molar refractivity (Wildman–Crippen MR) is 114 cm³/mol. The summed E-state index contributed by atoms with van der Waals surface area (Å²) in [7, 11) is 3.18. The van der Waals surface area contributed by atoms with Crippen LogP contribution in [0.4, 0.5) is 5.95 Å². The van der Waals surface area contributed by atoms with Crippen molar-refractivity contribution in [3.63, 3.8) is 0 Å². The zero-order chi connectivity index (χ0) is 21.0. The number of nitrogens with one attached hydrogen (secondary N) is 1. The molecule has 0 spiro atoms. The van der Waals surface area contributed by atoms with E-state index in [9.17, 15) is 9.59 Å². The Kier molecular flexibility index (Phi) is 6.36. The van der Waals surface area contributed by atoms with Crippen molar-refractivity contribution >= 4 is 52.2 Å². The molecule has 0 saturated carbocycles. The van der Waals surface area contributed by atoms with Crippen LogP contribution in [-0.2, 0) is 4.79 Å². The number of nitrogens with zero attached hydrogens (tertiary/aromatic N) is 4. The lowest BCUT2D eigenvalue weighted by Crippen LogP contribution is -2.36. The molecular weight excluding hydrogens is 417 g/mol. The molecule has 0 saturated heterocycles. The molecule has 0 aliphatic heterocycles. The summed E-state index contributed by atoms with van der Waals surface area (Å²) >= 11 is 11.9. The fraction of sp³-hybridized carbons (Fsp3) is 0.158. The van der Waals surface area contributed by atoms with Crippen LogP contribution in [0.15, 0.2) is 52.4 Å². The number of benzene rings is 2. The molecule has 0 unspecified atom stereocenters. The Hall–Kier alpha value is -3.10. The Balaban J connectivity index is 1.92. The minimum atomic E-state index is -0.464. The summed E-state index contributed by atoms with van der Waals surface area (Å²) in [6, 6.07) is 11.8. The van der Waals surface area contributed by atoms with Gasteiger partial charge in [0.25, 0.3) is 17.4 Å². The maximum atomic E-state index is 12.8. The number of carbonyl (C=O) groups is 1. The Morgan fingerprint density at radius 1 is 1.24 bits per heavy atom. The van der Waals surface area contributed by atoms with Gasteiger partial charge >= 0.3 is 0 Å². The minimum Gasteiger partial charge on any atom is -0.397 e. The highest BCUT2D eigenvalue weighted by Gasteiger charge is 2.14. The van der Waals surface area contributed by atoms with E-state index in [4.69, 9.17) is 28.0 Å². The SMILES string of the molecule is CN(C)C(=O)COn1c(N/N=C\c2ccc(Cl)c(Cl)c2)nc2ccccc2c1=O. The molecule has 2 aromatic carbocycles. The van der Waals surface area contributed by atoms with Crippen LogP contribution in [0.2, 0.25) is 10.0 Å². The molecule has 1 amide bonds. The number of aromatic nitrogens is 2. The molecule has 1 aromatic heterocycles. The van der Waals surface area contributed by atoms with E-state index in [1.165, 1.54) is 11.1 Å². The number of para-hydroxylation sites is 1. The number of rotatable bonds is 6. The monoisotopic (exact) mass is 433 g/mol. The molecule has 150 valence electrons. The fourth-order valence-electron chi connectivity index (χ4n) is 2.31. The van der Waals surface area contributed by atoms with Crippen LogP contribution in [-0.4, -0.2) is 47.4 Å². The van der Waals surface area contributed by atoms with Crippen molar-refractivity contribution in [2.24, 2.45) is 5.10 Å². The Labute approximate surface area is 176 Å². The molecule has 0 atom stereocenters. The summed E-state index contributed by atoms with van der Waals surface area (Å²) in [5, 5.41) is 5.25. The quantitative estimate of drug-likeness (QED) is 0.476. The predicted octanol–water partition coefficient (Wildman–Crippen LogP) is 2.67. The van der Waals surface area contributed by atoms with Crippen LogP contribution in [0.5, 0.6) is 0 Å². The van der Waals surface area contributed by atoms with Crippen molar-refractivity contribution in [3.05, 3.63) is 68.4 Å². The highest BCUT2D eigenvalue weighted by molar-refractivity contribution is 6.42. The second-order valence-corrected chi connectivity index (χ2v) is 6.97. The van der Waals surface area contributed by atoms with Gasteiger partial charge in [0, 0.05) is 14.1 Å². The molecule has 29 heavy (non-hydrogen) atoms. The number of likely N-dealkylation sites (N-methyl/N-ethyl adjacent to an activating group) is 1. The van der Waals surface area contributed by atoms with Gasteiger partial charge in [0.15, 0.2) is 6.61 Å². The van der Waals surface area contributed by atoms with Gasteiger partial charge in [-0.2, -0.15) is 5.10 Å². The lowest BCUT2D eigenvalue weighted by Gasteiger charge is -2.15. The second kappa shape index (κ2) is 8.93. The first kappa shape index (κ1) is 20.6. The smallest absolute Gasteiger partial charge is 0.296 e. The third-order valence-electron chi connectivity index (χ3n) is 3.88. The summed E-state index contributed by atoms with van der Waals surface area (Å²) in [5.41, 5.74) is 3.36. The standard InChI is InChI=1S/C19H17Cl2N5O3/c1-25(2)17(27)11-29-26-18(28)13-5-3-4-6-16(13)23-19(26)24-22-10-12-7-8-14(20)15(21)9-12/h3-10H,11H2,1-2H3,(H,23,24)/b22-10-. The molecule has 3 rings (SSSR count). The number of carbonyl (C=O) groups excluding carboxylic acids is 1. The lowest BCUT2D eigenvalue weighted by molar-refractivity contribution is -0.133. The average molecular weight is 434 g/mol. The summed E-state index contributed by atoms with van der Waals surface area (Å²) in [6.07, 6.45) is 1.48. The van der Waals surface area contributed by atoms with E-state index in [0.717, 1.165) is 4.73 Å². The molecule has 8 nitrogen and oxygen atoms in total. The lowest BCUT2D eigenvalue weighted by atomic mass is 10.2. The van der Waals surface area contributed by atoms with E-state index in [1.807, 2.05) is 0 Å². The van der Waals surface area contributed by atoms with Crippen LogP contribution < -0.4 is 15.8 Å². The molecule has 0 radical (unpaired) electrons. The van der Waals surface area contributed by atoms with Gasteiger partial charge in [-0.3, -0.25) is 9.59 Å². The van der Waals surface area contributed by atoms with Gasteiger partial charge in [-0.15, -0.1) is 4.73 Å². The zero-order valence-corrected chi connectivity index (χ0v) is 17.1. The van der Waals surface area contributed by atoms with E-state index < -0.39 is 5.56 Å². The number of amides is 1. The summed E-state index contributed by atoms with van der Waals surface area (Å²) < 4.78 is 0.913. The molecule has 0 aliphatic carbocycles. The first-order valence-electron chi connectivity index (χ1n) is 8.46. The Morgan fingerprint density at radius 3 is 2.72 bits per heavy atom. The molecule has 3 aromatic rings. The van der Waals surface area contributed by atoms with E-state index in [0.29, 0.717) is 26.5 Å². The molecule has 10 heteroatoms. The van der Waals surface area contributed by atoms with Gasteiger partial charge in [-0.05, 0) is 29.8 Å². The average Bonchev–Trinajstić information content (AvgIpc) is 2.70. The third kappa shape index (κ3) is 4.85. The van der Waals surface area contributed by atoms with Gasteiger partial charge in [-0.25, -0.2) is 10.4 Å². The largest absolute Gasteiger partial charge is 0.397 e. The van der Waals surface area contributed by atoms with Crippen LogP contribution in [0, 0.1) is 0 Å². The van der Waals surface area contributed by atoms with E-state index in [2.05, 4.69) is 15.5 Å². The molecule has 0 fully saturated rings. The number of hydrogen-bond acceptors (Lipinski definition) is 6. The van der Waals surface area contributed by atoms with Crippen LogP contribution >= 0.6 is 23.2 Å². The highest BCUT2D eigenvalue weighted by Crippen LogP contribution is 2.21. The second-order valence-electron chi connectivity index (χ2n) is 6.16. The van der Waals surface area contributed by atoms with Crippen molar-refractivity contribution in [3.8, 4) is 0 Å². The topological polar surface area (TPSA) is 88.8 Å². The number of anilines is 1. The molecule has 0 bridgehead atoms. The van der Waals surface area contributed by atoms with Gasteiger partial charge in [0.1, 0.15) is 0 Å². The van der Waals surface area contributed by atoms with E-state index >= 15 is 0 Å². The first-order valence-corrected chi connectivity index (χ1v) is 9.22. The number of halogens is 2. The fourth-order valence-corrected chi connectivity index (χ4v) is 2.62. The number of fused-ring (bicyclic) bond motifs is 1. The summed E-state index contributed by atoms with van der Waals surface area (Å²) in [5.74, 6) is -0.285. The van der Waals surface area contributed by atoms with Crippen LogP contribution in [0.25, 0.3) is 10.9 Å². The van der Waals surface area contributed by atoms with Crippen molar-refractivity contribution < 1.29 is 9.63 Å². The van der Waals surface area contributed by atoms with Crippen molar-refractivity contribution in [2.75, 3.05) is 26.1 Å². The van der Waals surface area contributed by atoms with E-state index in [1.54, 1.807) is 56.6 Å². The van der Waals surface area contributed by atoms with Gasteiger partial charge < -0.3 is 9.74 Å². The minimum absolute atomic E-state index is 0.0246. The first-order chi connectivity index (χ1) is 13.9.